The van der Waals surface area contributed by atoms with Gasteiger partial charge < -0.3 is 0 Å². The average molecular weight is 381 g/mol. The molecule has 0 bridgehead atoms. The summed E-state index contributed by atoms with van der Waals surface area (Å²) in [5.41, 5.74) is 0.394. The SMILES string of the molecule is CC1(C)COC(c2cccc3c(=O)n(C(C)(C)CCO)[se]c23)=N1. The molecule has 0 fully saturated rings. The fraction of sp³-hybridized carbons (Fsp3) is 0.529. The number of fused-ring (bicyclic) bond motifs is 1. The van der Waals surface area contributed by atoms with Crippen LogP contribution in [0.2, 0.25) is 0 Å². The summed E-state index contributed by atoms with van der Waals surface area (Å²) in [6, 6.07) is 5.75. The third kappa shape index (κ3) is 2.91. The van der Waals surface area contributed by atoms with Crippen LogP contribution in [0.25, 0.3) is 9.65 Å². The zero-order valence-corrected chi connectivity index (χ0v) is 15.6. The Labute approximate surface area is 141 Å². The summed E-state index contributed by atoms with van der Waals surface area (Å²) in [7, 11) is 0. The Balaban J connectivity index is 2.19. The molecule has 3 rings (SSSR count). The van der Waals surface area contributed by atoms with Gasteiger partial charge in [-0.05, 0) is 0 Å². The summed E-state index contributed by atoms with van der Waals surface area (Å²) in [5, 5.41) is 10.0. The van der Waals surface area contributed by atoms with Gasteiger partial charge in [-0.1, -0.05) is 0 Å². The van der Waals surface area contributed by atoms with Gasteiger partial charge in [-0.3, -0.25) is 0 Å². The molecule has 1 aromatic carbocycles. The molecule has 0 atom stereocenters. The normalized spacial score (nSPS) is 17.3. The molecule has 1 aromatic heterocycles. The van der Waals surface area contributed by atoms with Crippen LogP contribution < -0.4 is 5.56 Å². The second-order valence-corrected chi connectivity index (χ2v) is 9.18. The summed E-state index contributed by atoms with van der Waals surface area (Å²) >= 11 is -0.139. The number of ether oxygens (including phenoxy) is 1. The van der Waals surface area contributed by atoms with Crippen LogP contribution in [0, 0.1) is 0 Å². The van der Waals surface area contributed by atoms with Crippen molar-refractivity contribution in [3.05, 3.63) is 34.1 Å². The molecule has 0 saturated heterocycles. The molecule has 1 N–H and O–H groups in total. The van der Waals surface area contributed by atoms with E-state index in [2.05, 4.69) is 4.99 Å². The predicted octanol–water partition coefficient (Wildman–Crippen LogP) is 1.73. The van der Waals surface area contributed by atoms with Crippen LogP contribution in [-0.2, 0) is 10.3 Å². The van der Waals surface area contributed by atoms with E-state index in [0.717, 1.165) is 15.2 Å². The quantitative estimate of drug-likeness (QED) is 0.821. The Morgan fingerprint density at radius 1 is 1.43 bits per heavy atom. The number of nitrogens with zero attached hydrogens (tertiary/aromatic N) is 2. The second kappa shape index (κ2) is 5.62. The fourth-order valence-corrected chi connectivity index (χ4v) is 5.25. The molecule has 0 spiro atoms. The molecule has 1 aliphatic heterocycles. The first kappa shape index (κ1) is 16.5. The van der Waals surface area contributed by atoms with Gasteiger partial charge in [0.1, 0.15) is 0 Å². The van der Waals surface area contributed by atoms with Gasteiger partial charge in [0.15, 0.2) is 0 Å². The van der Waals surface area contributed by atoms with Gasteiger partial charge in [-0.15, -0.1) is 0 Å². The number of benzene rings is 1. The van der Waals surface area contributed by atoms with Gasteiger partial charge in [-0.2, -0.15) is 0 Å². The van der Waals surface area contributed by atoms with Gasteiger partial charge >= 0.3 is 141 Å². The zero-order valence-electron chi connectivity index (χ0n) is 13.9. The predicted molar refractivity (Wildman–Crippen MR) is 92.7 cm³/mol. The summed E-state index contributed by atoms with van der Waals surface area (Å²) in [6.45, 7) is 8.71. The molecule has 0 radical (unpaired) electrons. The van der Waals surface area contributed by atoms with Gasteiger partial charge in [-0.25, -0.2) is 0 Å². The third-order valence-corrected chi connectivity index (χ3v) is 7.16. The van der Waals surface area contributed by atoms with Crippen molar-refractivity contribution in [2.75, 3.05) is 13.2 Å². The molecule has 0 aliphatic carbocycles. The van der Waals surface area contributed by atoms with Crippen molar-refractivity contribution >= 4 is 30.3 Å². The monoisotopic (exact) mass is 382 g/mol. The van der Waals surface area contributed by atoms with E-state index in [1.165, 1.54) is 0 Å². The summed E-state index contributed by atoms with van der Waals surface area (Å²) < 4.78 is 8.70. The van der Waals surface area contributed by atoms with Crippen molar-refractivity contribution in [3.8, 4) is 0 Å². The van der Waals surface area contributed by atoms with E-state index in [0.29, 0.717) is 18.9 Å². The van der Waals surface area contributed by atoms with E-state index in [-0.39, 0.29) is 38.0 Å². The van der Waals surface area contributed by atoms with Gasteiger partial charge in [0.2, 0.25) is 0 Å². The first-order valence-corrected chi connectivity index (χ1v) is 9.37. The summed E-state index contributed by atoms with van der Waals surface area (Å²) in [6.07, 6.45) is 0.564. The topological polar surface area (TPSA) is 63.8 Å². The van der Waals surface area contributed by atoms with E-state index in [1.807, 2.05) is 49.5 Å². The van der Waals surface area contributed by atoms with E-state index in [4.69, 9.17) is 4.74 Å². The van der Waals surface area contributed by atoms with Crippen molar-refractivity contribution in [1.82, 2.24) is 3.56 Å². The summed E-state index contributed by atoms with van der Waals surface area (Å²) in [4.78, 5) is 17.4. The van der Waals surface area contributed by atoms with E-state index in [9.17, 15) is 9.90 Å². The maximum atomic E-state index is 12.8. The molecular formula is C17H22N2O3Se. The molecule has 0 saturated carbocycles. The van der Waals surface area contributed by atoms with Crippen molar-refractivity contribution in [1.29, 1.82) is 0 Å². The average Bonchev–Trinajstić information content (AvgIpc) is 3.00. The number of aliphatic hydroxyl groups excluding tert-OH is 1. The van der Waals surface area contributed by atoms with Crippen LogP contribution in [0.4, 0.5) is 0 Å². The second-order valence-electron chi connectivity index (χ2n) is 7.18. The molecule has 0 unspecified atom stereocenters. The van der Waals surface area contributed by atoms with Crippen LogP contribution in [0.5, 0.6) is 0 Å². The van der Waals surface area contributed by atoms with Crippen LogP contribution in [0.3, 0.4) is 0 Å². The molecule has 6 heteroatoms. The molecule has 2 aromatic rings. The molecule has 0 amide bonds. The Bertz CT molecular complexity index is 830. The summed E-state index contributed by atoms with van der Waals surface area (Å²) in [5.74, 6) is 0.642. The van der Waals surface area contributed by atoms with E-state index < -0.39 is 0 Å². The Morgan fingerprint density at radius 2 is 2.17 bits per heavy atom. The van der Waals surface area contributed by atoms with Crippen molar-refractivity contribution in [2.24, 2.45) is 4.99 Å². The Hall–Kier alpha value is -1.36. The number of rotatable bonds is 4. The Morgan fingerprint density at radius 3 is 2.78 bits per heavy atom. The van der Waals surface area contributed by atoms with Gasteiger partial charge in [0, 0.05) is 0 Å². The number of aliphatic hydroxyl groups is 1. The van der Waals surface area contributed by atoms with E-state index in [1.54, 1.807) is 0 Å². The maximum absolute atomic E-state index is 12.8. The molecule has 1 aliphatic rings. The minimum atomic E-state index is -0.361. The van der Waals surface area contributed by atoms with Crippen LogP contribution >= 0.6 is 0 Å². The number of aliphatic imine (C=N–C) groups is 1. The zero-order chi connectivity index (χ0) is 16.8. The number of hydrogen-bond acceptors (Lipinski definition) is 4. The molecule has 5 nitrogen and oxygen atoms in total. The molecule has 23 heavy (non-hydrogen) atoms. The van der Waals surface area contributed by atoms with Gasteiger partial charge in [0.25, 0.3) is 0 Å². The van der Waals surface area contributed by atoms with Gasteiger partial charge in [0.05, 0.1) is 0 Å². The fourth-order valence-electron chi connectivity index (χ4n) is 2.71. The van der Waals surface area contributed by atoms with E-state index >= 15 is 0 Å². The molecule has 2 heterocycles. The van der Waals surface area contributed by atoms with Crippen molar-refractivity contribution in [3.63, 3.8) is 0 Å². The van der Waals surface area contributed by atoms with Crippen molar-refractivity contribution in [2.45, 2.75) is 45.2 Å². The van der Waals surface area contributed by atoms with Crippen LogP contribution in [0.1, 0.15) is 39.7 Å². The molecule has 124 valence electrons. The minimum absolute atomic E-state index is 0.0400. The molecular weight excluding hydrogens is 359 g/mol. The van der Waals surface area contributed by atoms with Crippen LogP contribution in [-0.4, -0.2) is 48.1 Å². The standard InChI is InChI=1S/C17H22N2O3Se/c1-16(2)10-22-14(18-16)11-6-5-7-12-13(11)23-19(15(12)21)17(3,4)8-9-20/h5-7,20H,8-10H2,1-4H3. The van der Waals surface area contributed by atoms with Crippen molar-refractivity contribution < 1.29 is 9.84 Å². The van der Waals surface area contributed by atoms with Crippen LogP contribution in [0.15, 0.2) is 28.0 Å². The third-order valence-electron chi connectivity index (χ3n) is 4.08. The Kier molecular flexibility index (Phi) is 4.03. The number of hydrogen-bond donors (Lipinski definition) is 1. The first-order chi connectivity index (χ1) is 10.7. The first-order valence-electron chi connectivity index (χ1n) is 7.75. The number of aromatic nitrogens is 1.